The van der Waals surface area contributed by atoms with Crippen molar-refractivity contribution in [2.45, 2.75) is 39.2 Å². The van der Waals surface area contributed by atoms with Crippen LogP contribution < -0.4 is 10.6 Å². The summed E-state index contributed by atoms with van der Waals surface area (Å²) in [5.74, 6) is 0.0573. The molecule has 5 nitrogen and oxygen atoms in total. The van der Waals surface area contributed by atoms with Crippen molar-refractivity contribution in [2.75, 3.05) is 20.1 Å². The number of hydrogen-bond acceptors (Lipinski definition) is 3. The monoisotopic (exact) mass is 264 g/mol. The SMILES string of the molecule is CNC(=O)C(C)(C)Cn1cncc1C1(C)CCNC1. The minimum Gasteiger partial charge on any atom is -0.359 e. The molecule has 1 fully saturated rings. The number of rotatable bonds is 4. The quantitative estimate of drug-likeness (QED) is 0.849. The molecule has 1 aliphatic heterocycles. The Labute approximate surface area is 114 Å². The normalized spacial score (nSPS) is 23.6. The molecule has 19 heavy (non-hydrogen) atoms. The number of aromatic nitrogens is 2. The molecular formula is C14H24N4O. The molecule has 2 heterocycles. The Hall–Kier alpha value is -1.36. The van der Waals surface area contributed by atoms with Crippen molar-refractivity contribution in [2.24, 2.45) is 5.41 Å². The second kappa shape index (κ2) is 4.96. The van der Waals surface area contributed by atoms with Crippen LogP contribution >= 0.6 is 0 Å². The number of nitrogens with zero attached hydrogens (tertiary/aromatic N) is 2. The molecule has 1 aromatic rings. The molecule has 1 amide bonds. The van der Waals surface area contributed by atoms with Gasteiger partial charge in [-0.1, -0.05) is 6.92 Å². The van der Waals surface area contributed by atoms with E-state index in [0.717, 1.165) is 19.5 Å². The molecule has 5 heteroatoms. The predicted octanol–water partition coefficient (Wildman–Crippen LogP) is 0.906. The Balaban J connectivity index is 2.23. The van der Waals surface area contributed by atoms with Gasteiger partial charge >= 0.3 is 0 Å². The van der Waals surface area contributed by atoms with Gasteiger partial charge in [0, 0.05) is 37.4 Å². The van der Waals surface area contributed by atoms with E-state index in [1.807, 2.05) is 26.4 Å². The highest BCUT2D eigenvalue weighted by molar-refractivity contribution is 5.81. The molecule has 0 saturated carbocycles. The Bertz CT molecular complexity index is 458. The Morgan fingerprint density at radius 2 is 2.37 bits per heavy atom. The third-order valence-electron chi connectivity index (χ3n) is 4.11. The number of carbonyl (C=O) groups excluding carboxylic acids is 1. The van der Waals surface area contributed by atoms with Gasteiger partial charge in [-0.3, -0.25) is 4.79 Å². The average molecular weight is 264 g/mol. The van der Waals surface area contributed by atoms with Crippen molar-refractivity contribution in [1.29, 1.82) is 0 Å². The fraction of sp³-hybridized carbons (Fsp3) is 0.714. The van der Waals surface area contributed by atoms with Gasteiger partial charge in [0.15, 0.2) is 0 Å². The van der Waals surface area contributed by atoms with E-state index in [1.165, 1.54) is 5.69 Å². The molecule has 2 rings (SSSR count). The van der Waals surface area contributed by atoms with E-state index >= 15 is 0 Å². The van der Waals surface area contributed by atoms with Gasteiger partial charge in [-0.15, -0.1) is 0 Å². The van der Waals surface area contributed by atoms with E-state index in [9.17, 15) is 4.79 Å². The van der Waals surface area contributed by atoms with Crippen LogP contribution in [0.2, 0.25) is 0 Å². The molecule has 0 radical (unpaired) electrons. The smallest absolute Gasteiger partial charge is 0.227 e. The molecule has 106 valence electrons. The van der Waals surface area contributed by atoms with Gasteiger partial charge in [0.1, 0.15) is 0 Å². The summed E-state index contributed by atoms with van der Waals surface area (Å²) in [4.78, 5) is 16.2. The summed E-state index contributed by atoms with van der Waals surface area (Å²) in [6, 6.07) is 0. The molecule has 1 atom stereocenters. The first-order valence-electron chi connectivity index (χ1n) is 6.82. The maximum absolute atomic E-state index is 11.9. The lowest BCUT2D eigenvalue weighted by Gasteiger charge is -2.29. The van der Waals surface area contributed by atoms with Gasteiger partial charge in [-0.2, -0.15) is 0 Å². The summed E-state index contributed by atoms with van der Waals surface area (Å²) in [7, 11) is 1.68. The summed E-state index contributed by atoms with van der Waals surface area (Å²) in [5.41, 5.74) is 0.900. The maximum atomic E-state index is 11.9. The van der Waals surface area contributed by atoms with Crippen molar-refractivity contribution < 1.29 is 4.79 Å². The lowest BCUT2D eigenvalue weighted by Crippen LogP contribution is -2.39. The van der Waals surface area contributed by atoms with Crippen LogP contribution in [0.15, 0.2) is 12.5 Å². The lowest BCUT2D eigenvalue weighted by atomic mass is 9.85. The lowest BCUT2D eigenvalue weighted by molar-refractivity contribution is -0.129. The summed E-state index contributed by atoms with van der Waals surface area (Å²) < 4.78 is 2.13. The fourth-order valence-corrected chi connectivity index (χ4v) is 2.82. The van der Waals surface area contributed by atoms with Crippen LogP contribution in [0.1, 0.15) is 32.9 Å². The summed E-state index contributed by atoms with van der Waals surface area (Å²) in [6.07, 6.45) is 4.88. The molecule has 0 aliphatic carbocycles. The molecule has 0 bridgehead atoms. The van der Waals surface area contributed by atoms with Gasteiger partial charge in [-0.25, -0.2) is 4.98 Å². The zero-order valence-electron chi connectivity index (χ0n) is 12.3. The highest BCUT2D eigenvalue weighted by Gasteiger charge is 2.35. The number of nitrogens with one attached hydrogen (secondary N) is 2. The Morgan fingerprint density at radius 3 is 2.95 bits per heavy atom. The Kier molecular flexibility index (Phi) is 3.67. The molecule has 0 aromatic carbocycles. The van der Waals surface area contributed by atoms with Gasteiger partial charge in [0.05, 0.1) is 11.7 Å². The molecule has 1 aromatic heterocycles. The summed E-state index contributed by atoms with van der Waals surface area (Å²) in [6.45, 7) is 8.85. The third-order valence-corrected chi connectivity index (χ3v) is 4.11. The first-order valence-corrected chi connectivity index (χ1v) is 6.82. The van der Waals surface area contributed by atoms with Crippen molar-refractivity contribution in [3.05, 3.63) is 18.2 Å². The molecule has 0 spiro atoms. The molecule has 2 N–H and O–H groups in total. The topological polar surface area (TPSA) is 59.0 Å². The van der Waals surface area contributed by atoms with E-state index in [0.29, 0.717) is 6.54 Å². The first-order chi connectivity index (χ1) is 8.89. The third kappa shape index (κ3) is 2.66. The average Bonchev–Trinajstić information content (AvgIpc) is 2.97. The van der Waals surface area contributed by atoms with Crippen LogP contribution in [0.5, 0.6) is 0 Å². The van der Waals surface area contributed by atoms with Gasteiger partial charge in [0.2, 0.25) is 5.91 Å². The number of hydrogen-bond donors (Lipinski definition) is 2. The van der Waals surface area contributed by atoms with Crippen molar-refractivity contribution in [3.63, 3.8) is 0 Å². The second-order valence-corrected chi connectivity index (χ2v) is 6.36. The standard InChI is InChI=1S/C14H24N4O/c1-13(2,12(19)15-4)9-18-10-17-7-11(18)14(3)5-6-16-8-14/h7,10,16H,5-6,8-9H2,1-4H3,(H,15,19). The highest BCUT2D eigenvalue weighted by atomic mass is 16.2. The Morgan fingerprint density at radius 1 is 1.63 bits per heavy atom. The minimum absolute atomic E-state index is 0.0573. The first kappa shape index (κ1) is 14.1. The van der Waals surface area contributed by atoms with Gasteiger partial charge in [0.25, 0.3) is 0 Å². The van der Waals surface area contributed by atoms with Crippen LogP contribution in [0.3, 0.4) is 0 Å². The molecule has 1 unspecified atom stereocenters. The van der Waals surface area contributed by atoms with E-state index in [2.05, 4.69) is 27.1 Å². The van der Waals surface area contributed by atoms with E-state index in [1.54, 1.807) is 7.05 Å². The number of amides is 1. The molecule has 1 aliphatic rings. The van der Waals surface area contributed by atoms with Crippen molar-refractivity contribution in [3.8, 4) is 0 Å². The van der Waals surface area contributed by atoms with Gasteiger partial charge < -0.3 is 15.2 Å². The van der Waals surface area contributed by atoms with Crippen molar-refractivity contribution >= 4 is 5.91 Å². The fourth-order valence-electron chi connectivity index (χ4n) is 2.82. The summed E-state index contributed by atoms with van der Waals surface area (Å²) in [5, 5.41) is 6.14. The largest absolute Gasteiger partial charge is 0.359 e. The van der Waals surface area contributed by atoms with Gasteiger partial charge in [-0.05, 0) is 26.8 Å². The van der Waals surface area contributed by atoms with E-state index in [-0.39, 0.29) is 11.3 Å². The van der Waals surface area contributed by atoms with Crippen LogP contribution in [-0.2, 0) is 16.8 Å². The van der Waals surface area contributed by atoms with Crippen LogP contribution in [0.4, 0.5) is 0 Å². The number of carbonyl (C=O) groups is 1. The predicted molar refractivity (Wildman–Crippen MR) is 74.9 cm³/mol. The molecule has 1 saturated heterocycles. The van der Waals surface area contributed by atoms with Crippen LogP contribution in [-0.4, -0.2) is 35.6 Å². The minimum atomic E-state index is -0.438. The number of imidazole rings is 1. The van der Waals surface area contributed by atoms with E-state index in [4.69, 9.17) is 0 Å². The molecular weight excluding hydrogens is 240 g/mol. The zero-order chi connectivity index (χ0) is 14.1. The van der Waals surface area contributed by atoms with Crippen LogP contribution in [0, 0.1) is 5.41 Å². The van der Waals surface area contributed by atoms with Crippen LogP contribution in [0.25, 0.3) is 0 Å². The van der Waals surface area contributed by atoms with E-state index < -0.39 is 5.41 Å². The second-order valence-electron chi connectivity index (χ2n) is 6.36. The zero-order valence-corrected chi connectivity index (χ0v) is 12.3. The van der Waals surface area contributed by atoms with Crippen molar-refractivity contribution in [1.82, 2.24) is 20.2 Å². The highest BCUT2D eigenvalue weighted by Crippen LogP contribution is 2.31. The summed E-state index contributed by atoms with van der Waals surface area (Å²) >= 11 is 0. The maximum Gasteiger partial charge on any atom is 0.227 e.